The quantitative estimate of drug-likeness (QED) is 0.121. The fourth-order valence-electron chi connectivity index (χ4n) is 5.18. The largest absolute Gasteiger partial charge is 0.463 e. The molecule has 232 valence electrons. The van der Waals surface area contributed by atoms with Crippen molar-refractivity contribution in [2.24, 2.45) is 4.99 Å². The number of allylic oxidation sites excluding steroid dienone is 1. The van der Waals surface area contributed by atoms with Crippen LogP contribution in [-0.4, -0.2) is 27.0 Å². The number of hydrogen-bond donors (Lipinski definition) is 0. The van der Waals surface area contributed by atoms with Crippen molar-refractivity contribution in [1.82, 2.24) is 4.57 Å². The molecular formula is C32H24N4O9S. The number of benzene rings is 2. The lowest BCUT2D eigenvalue weighted by molar-refractivity contribution is -0.385. The number of non-ortho nitro benzene ring substituents is 2. The molecule has 1 atom stereocenters. The number of carbonyl (C=O) groups excluding carboxylic acids is 1. The first-order valence-electron chi connectivity index (χ1n) is 13.9. The first kappa shape index (κ1) is 30.1. The number of ether oxygens (including phenoxy) is 1. The Morgan fingerprint density at radius 3 is 2.48 bits per heavy atom. The van der Waals surface area contributed by atoms with Crippen molar-refractivity contribution in [2.45, 2.75) is 26.8 Å². The first-order valence-corrected chi connectivity index (χ1v) is 14.8. The van der Waals surface area contributed by atoms with Crippen LogP contribution in [0.3, 0.4) is 0 Å². The van der Waals surface area contributed by atoms with Gasteiger partial charge >= 0.3 is 5.97 Å². The Balaban J connectivity index is 1.45. The molecule has 1 aliphatic rings. The maximum absolute atomic E-state index is 14.0. The molecule has 0 fully saturated rings. The first-order chi connectivity index (χ1) is 22.0. The third-order valence-corrected chi connectivity index (χ3v) is 8.34. The van der Waals surface area contributed by atoms with Crippen molar-refractivity contribution in [2.75, 3.05) is 6.61 Å². The molecule has 5 aromatic rings. The van der Waals surface area contributed by atoms with Gasteiger partial charge in [-0.25, -0.2) is 9.79 Å². The minimum atomic E-state index is -1.04. The zero-order chi connectivity index (χ0) is 32.7. The Hall–Kier alpha value is -5.89. The minimum absolute atomic E-state index is 0.0776. The molecule has 0 unspecified atom stereocenters. The highest BCUT2D eigenvalue weighted by molar-refractivity contribution is 7.07. The van der Waals surface area contributed by atoms with Gasteiger partial charge in [0.25, 0.3) is 16.9 Å². The molecular weight excluding hydrogens is 616 g/mol. The third kappa shape index (κ3) is 5.45. The summed E-state index contributed by atoms with van der Waals surface area (Å²) in [6, 6.07) is 15.9. The summed E-state index contributed by atoms with van der Waals surface area (Å²) in [5, 5.41) is 22.6. The van der Waals surface area contributed by atoms with Crippen molar-refractivity contribution in [3.63, 3.8) is 0 Å². The standard InChI is InChI=1S/C32H24N4O9S/c1-4-43-31(38)28-18(3)33-32-34(29(28)26-13-12-24(45-26)19-6-5-7-20(14-19)35(39)40)30(37)27(46-32)16-22-10-11-25(44-22)23-15-21(36(41)42)9-8-17(23)2/h5-16,29H,4H2,1-3H3/b27-16-/t29-/m1/s1. The van der Waals surface area contributed by atoms with E-state index in [1.165, 1.54) is 41.0 Å². The van der Waals surface area contributed by atoms with Gasteiger partial charge in [0.15, 0.2) is 4.80 Å². The van der Waals surface area contributed by atoms with E-state index < -0.39 is 27.4 Å². The molecule has 0 bridgehead atoms. The highest BCUT2D eigenvalue weighted by Gasteiger charge is 2.35. The maximum Gasteiger partial charge on any atom is 0.338 e. The predicted molar refractivity (Wildman–Crippen MR) is 167 cm³/mol. The monoisotopic (exact) mass is 640 g/mol. The number of furan rings is 2. The van der Waals surface area contributed by atoms with E-state index in [1.807, 2.05) is 6.92 Å². The van der Waals surface area contributed by atoms with Crippen LogP contribution in [0.5, 0.6) is 0 Å². The highest BCUT2D eigenvalue weighted by Crippen LogP contribution is 2.35. The molecule has 13 nitrogen and oxygen atoms in total. The summed E-state index contributed by atoms with van der Waals surface area (Å²) in [6.45, 7) is 5.20. The SMILES string of the molecule is CCOC(=O)C1=C(C)N=c2s/c(=C\c3ccc(-c4cc([N+](=O)[O-])ccc4C)o3)c(=O)n2[C@@H]1c1ccc(-c2cccc([N+](=O)[O-])c2)o1. The fraction of sp³-hybridized carbons (Fsp3) is 0.156. The third-order valence-electron chi connectivity index (χ3n) is 7.35. The maximum atomic E-state index is 14.0. The molecule has 3 aromatic heterocycles. The summed E-state index contributed by atoms with van der Waals surface area (Å²) < 4.78 is 19.0. The molecule has 1 aliphatic heterocycles. The van der Waals surface area contributed by atoms with E-state index in [4.69, 9.17) is 13.6 Å². The molecule has 0 N–H and O–H groups in total. The Morgan fingerprint density at radius 1 is 1.00 bits per heavy atom. The van der Waals surface area contributed by atoms with E-state index in [0.29, 0.717) is 38.9 Å². The number of aromatic nitrogens is 1. The van der Waals surface area contributed by atoms with E-state index in [2.05, 4.69) is 4.99 Å². The van der Waals surface area contributed by atoms with Crippen molar-refractivity contribution in [1.29, 1.82) is 0 Å². The van der Waals surface area contributed by atoms with Gasteiger partial charge in [-0.05, 0) is 50.6 Å². The molecule has 0 aliphatic carbocycles. The summed E-state index contributed by atoms with van der Waals surface area (Å²) >= 11 is 1.09. The average Bonchev–Trinajstić information content (AvgIpc) is 3.77. The van der Waals surface area contributed by atoms with Crippen LogP contribution in [-0.2, 0) is 9.53 Å². The molecule has 6 rings (SSSR count). The van der Waals surface area contributed by atoms with Crippen LogP contribution < -0.4 is 14.9 Å². The van der Waals surface area contributed by atoms with Crippen molar-refractivity contribution >= 4 is 34.8 Å². The van der Waals surface area contributed by atoms with Gasteiger partial charge < -0.3 is 13.6 Å². The number of fused-ring (bicyclic) bond motifs is 1. The molecule has 14 heteroatoms. The Morgan fingerprint density at radius 2 is 1.74 bits per heavy atom. The van der Waals surface area contributed by atoms with Gasteiger partial charge in [0.1, 0.15) is 29.1 Å². The Labute approximate surface area is 263 Å². The molecule has 0 spiro atoms. The molecule has 0 saturated heterocycles. The molecule has 0 saturated carbocycles. The zero-order valence-electron chi connectivity index (χ0n) is 24.6. The van der Waals surface area contributed by atoms with Crippen molar-refractivity contribution in [3.8, 4) is 22.6 Å². The van der Waals surface area contributed by atoms with Crippen LogP contribution in [0.25, 0.3) is 28.7 Å². The van der Waals surface area contributed by atoms with Crippen LogP contribution in [0.1, 0.15) is 37.0 Å². The van der Waals surface area contributed by atoms with Gasteiger partial charge in [-0.3, -0.25) is 29.6 Å². The minimum Gasteiger partial charge on any atom is -0.463 e. The van der Waals surface area contributed by atoms with Gasteiger partial charge in [-0.1, -0.05) is 29.5 Å². The Kier molecular flexibility index (Phi) is 7.79. The lowest BCUT2D eigenvalue weighted by Crippen LogP contribution is -2.39. The molecule has 2 aromatic carbocycles. The van der Waals surface area contributed by atoms with Gasteiger partial charge in [-0.15, -0.1) is 0 Å². The number of nitro groups is 2. The highest BCUT2D eigenvalue weighted by atomic mass is 32.1. The number of rotatable bonds is 8. The number of thiazole rings is 1. The molecule has 4 heterocycles. The lowest BCUT2D eigenvalue weighted by atomic mass is 10.0. The fourth-order valence-corrected chi connectivity index (χ4v) is 6.21. The molecule has 0 radical (unpaired) electrons. The van der Waals surface area contributed by atoms with Crippen LogP contribution >= 0.6 is 11.3 Å². The second-order valence-electron chi connectivity index (χ2n) is 10.3. The van der Waals surface area contributed by atoms with Crippen molar-refractivity contribution in [3.05, 3.63) is 135 Å². The summed E-state index contributed by atoms with van der Waals surface area (Å²) in [4.78, 5) is 53.6. The van der Waals surface area contributed by atoms with E-state index >= 15 is 0 Å². The van der Waals surface area contributed by atoms with Crippen molar-refractivity contribution < 1.29 is 28.2 Å². The topological polar surface area (TPSA) is 173 Å². The lowest BCUT2D eigenvalue weighted by Gasteiger charge is -2.22. The number of carbonyl (C=O) groups is 1. The smallest absolute Gasteiger partial charge is 0.338 e. The molecule has 0 amide bonds. The van der Waals surface area contributed by atoms with Crippen LogP contribution in [0, 0.1) is 27.2 Å². The summed E-state index contributed by atoms with van der Waals surface area (Å²) in [6.07, 6.45) is 1.54. The summed E-state index contributed by atoms with van der Waals surface area (Å²) in [5.74, 6) is 0.586. The number of aryl methyl sites for hydroxylation is 1. The van der Waals surface area contributed by atoms with E-state index in [-0.39, 0.29) is 33.8 Å². The van der Waals surface area contributed by atoms with Crippen LogP contribution in [0.2, 0.25) is 0 Å². The number of esters is 1. The zero-order valence-corrected chi connectivity index (χ0v) is 25.4. The van der Waals surface area contributed by atoms with Gasteiger partial charge in [0.05, 0.1) is 32.3 Å². The normalized spacial score (nSPS) is 14.6. The van der Waals surface area contributed by atoms with Crippen LogP contribution in [0.15, 0.2) is 96.6 Å². The van der Waals surface area contributed by atoms with E-state index in [1.54, 1.807) is 50.2 Å². The van der Waals surface area contributed by atoms with Gasteiger partial charge in [0, 0.05) is 41.5 Å². The number of nitrogens with zero attached hydrogens (tertiary/aromatic N) is 4. The summed E-state index contributed by atoms with van der Waals surface area (Å²) in [5.41, 5.74) is 1.55. The second-order valence-corrected chi connectivity index (χ2v) is 11.3. The van der Waals surface area contributed by atoms with Crippen LogP contribution in [0.4, 0.5) is 11.4 Å². The number of hydrogen-bond acceptors (Lipinski definition) is 11. The van der Waals surface area contributed by atoms with Gasteiger partial charge in [-0.2, -0.15) is 0 Å². The second kappa shape index (κ2) is 11.9. The summed E-state index contributed by atoms with van der Waals surface area (Å²) in [7, 11) is 0. The average molecular weight is 641 g/mol. The van der Waals surface area contributed by atoms with E-state index in [0.717, 1.165) is 16.9 Å². The van der Waals surface area contributed by atoms with E-state index in [9.17, 15) is 29.8 Å². The van der Waals surface area contributed by atoms with Gasteiger partial charge in [0.2, 0.25) is 0 Å². The number of nitro benzene ring substituents is 2. The predicted octanol–water partition coefficient (Wildman–Crippen LogP) is 5.44. The molecule has 46 heavy (non-hydrogen) atoms. The Bertz CT molecular complexity index is 2270.